The number of ether oxygens (including phenoxy) is 3. The van der Waals surface area contributed by atoms with Crippen molar-refractivity contribution in [2.24, 2.45) is 0 Å². The van der Waals surface area contributed by atoms with Crippen LogP contribution in [0, 0.1) is 0 Å². The fraction of sp³-hybridized carbons (Fsp3) is 0.152. The van der Waals surface area contributed by atoms with Crippen molar-refractivity contribution in [2.45, 2.75) is 19.4 Å². The van der Waals surface area contributed by atoms with Gasteiger partial charge in [0.2, 0.25) is 0 Å². The Morgan fingerprint density at radius 3 is 2.45 bits per heavy atom. The maximum Gasteiger partial charge on any atom is 0.336 e. The molecule has 4 aromatic carbocycles. The van der Waals surface area contributed by atoms with Gasteiger partial charge in [-0.15, -0.1) is 0 Å². The van der Waals surface area contributed by atoms with Crippen LogP contribution in [0.2, 0.25) is 5.02 Å². The Morgan fingerprint density at radius 2 is 1.68 bits per heavy atom. The fourth-order valence-corrected chi connectivity index (χ4v) is 5.93. The SMILES string of the molecule is COC(=O)C1=C(C)NC2=C(C(=O)c3ccccc32)[C@@H]1c1cc(Cl)c(OCc2cccc3ccccc23)c(OC)c1. The summed E-state index contributed by atoms with van der Waals surface area (Å²) in [6.07, 6.45) is 0. The molecule has 1 N–H and O–H groups in total. The van der Waals surface area contributed by atoms with Crippen LogP contribution in [0.4, 0.5) is 0 Å². The lowest BCUT2D eigenvalue weighted by Crippen LogP contribution is -2.29. The van der Waals surface area contributed by atoms with Crippen LogP contribution in [0.5, 0.6) is 11.5 Å². The molecule has 0 spiro atoms. The number of nitrogens with one attached hydrogen (secondary N) is 1. The van der Waals surface area contributed by atoms with E-state index < -0.39 is 11.9 Å². The number of hydrogen-bond acceptors (Lipinski definition) is 6. The Balaban J connectivity index is 1.43. The molecular formula is C33H26ClNO5. The van der Waals surface area contributed by atoms with E-state index >= 15 is 0 Å². The molecule has 0 radical (unpaired) electrons. The van der Waals surface area contributed by atoms with Gasteiger partial charge in [0.1, 0.15) is 6.61 Å². The molecule has 0 bridgehead atoms. The topological polar surface area (TPSA) is 73.9 Å². The average molecular weight is 552 g/mol. The molecule has 1 aliphatic carbocycles. The maximum absolute atomic E-state index is 13.7. The summed E-state index contributed by atoms with van der Waals surface area (Å²) in [5.41, 5.74) is 5.10. The second-order valence-electron chi connectivity index (χ2n) is 9.71. The number of carbonyl (C=O) groups is 2. The van der Waals surface area contributed by atoms with Gasteiger partial charge in [0, 0.05) is 28.3 Å². The number of Topliss-reactive ketones (excluding diaryl/α,β-unsaturated/α-hetero) is 1. The van der Waals surface area contributed by atoms with Crippen LogP contribution in [-0.2, 0) is 16.1 Å². The molecule has 4 aromatic rings. The average Bonchev–Trinajstić information content (AvgIpc) is 3.26. The van der Waals surface area contributed by atoms with Gasteiger partial charge >= 0.3 is 5.97 Å². The van der Waals surface area contributed by atoms with Gasteiger partial charge in [0.25, 0.3) is 0 Å². The van der Waals surface area contributed by atoms with Crippen LogP contribution < -0.4 is 14.8 Å². The van der Waals surface area contributed by atoms with Crippen LogP contribution in [-0.4, -0.2) is 26.0 Å². The minimum absolute atomic E-state index is 0.150. The summed E-state index contributed by atoms with van der Waals surface area (Å²) in [7, 11) is 2.86. The van der Waals surface area contributed by atoms with E-state index in [0.29, 0.717) is 50.2 Å². The number of carbonyl (C=O) groups excluding carboxylic acids is 2. The van der Waals surface area contributed by atoms with Gasteiger partial charge in [0.05, 0.1) is 30.5 Å². The molecule has 1 aliphatic heterocycles. The fourth-order valence-electron chi connectivity index (χ4n) is 5.66. The summed E-state index contributed by atoms with van der Waals surface area (Å²) in [5, 5.41) is 5.80. The summed E-state index contributed by atoms with van der Waals surface area (Å²) >= 11 is 6.83. The molecule has 1 atom stereocenters. The number of rotatable bonds is 6. The number of benzene rings is 4. The van der Waals surface area contributed by atoms with Crippen LogP contribution in [0.3, 0.4) is 0 Å². The Hall–Kier alpha value is -4.55. The third kappa shape index (κ3) is 4.12. The Bertz CT molecular complexity index is 1760. The van der Waals surface area contributed by atoms with Gasteiger partial charge in [-0.1, -0.05) is 78.3 Å². The quantitative estimate of drug-likeness (QED) is 0.265. The number of allylic oxidation sites excluding steroid dienone is 2. The minimum Gasteiger partial charge on any atom is -0.493 e. The second-order valence-corrected chi connectivity index (χ2v) is 10.1. The first-order valence-electron chi connectivity index (χ1n) is 12.8. The highest BCUT2D eigenvalue weighted by atomic mass is 35.5. The molecule has 7 heteroatoms. The van der Waals surface area contributed by atoms with Gasteiger partial charge in [-0.05, 0) is 41.0 Å². The van der Waals surface area contributed by atoms with E-state index in [4.69, 9.17) is 25.8 Å². The molecule has 0 aromatic heterocycles. The highest BCUT2D eigenvalue weighted by Gasteiger charge is 2.43. The number of esters is 1. The van der Waals surface area contributed by atoms with Crippen LogP contribution >= 0.6 is 11.6 Å². The summed E-state index contributed by atoms with van der Waals surface area (Å²) in [5.74, 6) is -0.624. The summed E-state index contributed by atoms with van der Waals surface area (Å²) in [6, 6.07) is 25.1. The predicted molar refractivity (Wildman–Crippen MR) is 155 cm³/mol. The van der Waals surface area contributed by atoms with E-state index in [1.54, 1.807) is 25.1 Å². The highest BCUT2D eigenvalue weighted by Crippen LogP contribution is 2.49. The van der Waals surface area contributed by atoms with Crippen molar-refractivity contribution in [3.8, 4) is 11.5 Å². The van der Waals surface area contributed by atoms with Gasteiger partial charge in [-0.25, -0.2) is 4.79 Å². The highest BCUT2D eigenvalue weighted by molar-refractivity contribution is 6.32. The van der Waals surface area contributed by atoms with E-state index in [0.717, 1.165) is 21.9 Å². The predicted octanol–water partition coefficient (Wildman–Crippen LogP) is 6.82. The Labute approximate surface area is 236 Å². The first-order valence-corrected chi connectivity index (χ1v) is 13.2. The first kappa shape index (κ1) is 25.7. The zero-order valence-corrected chi connectivity index (χ0v) is 23.0. The van der Waals surface area contributed by atoms with Gasteiger partial charge in [-0.2, -0.15) is 0 Å². The van der Waals surface area contributed by atoms with E-state index in [9.17, 15) is 9.59 Å². The smallest absolute Gasteiger partial charge is 0.336 e. The van der Waals surface area contributed by atoms with E-state index in [-0.39, 0.29) is 12.4 Å². The monoisotopic (exact) mass is 551 g/mol. The van der Waals surface area contributed by atoms with Crippen molar-refractivity contribution >= 4 is 39.8 Å². The molecule has 200 valence electrons. The van der Waals surface area contributed by atoms with E-state index in [1.807, 2.05) is 42.5 Å². The lowest BCUT2D eigenvalue weighted by atomic mass is 9.79. The number of halogens is 1. The normalized spacial score (nSPS) is 16.0. The lowest BCUT2D eigenvalue weighted by Gasteiger charge is -2.29. The molecule has 1 heterocycles. The number of dihydropyridines is 1. The van der Waals surface area contributed by atoms with Crippen molar-refractivity contribution in [1.29, 1.82) is 0 Å². The standard InChI is InChI=1S/C33H26ClNO5/c1-18-27(33(37)39-3)28(29-30(35-18)23-13-6-7-14-24(23)31(29)36)21-15-25(34)32(26(16-21)38-2)40-17-20-11-8-10-19-9-4-5-12-22(19)20/h4-16,28,35H,17H2,1-3H3/t28-/m1/s1. The van der Waals surface area contributed by atoms with E-state index in [2.05, 4.69) is 23.5 Å². The number of fused-ring (bicyclic) bond motifs is 3. The van der Waals surface area contributed by atoms with Crippen LogP contribution in [0.25, 0.3) is 16.5 Å². The lowest BCUT2D eigenvalue weighted by molar-refractivity contribution is -0.136. The molecule has 0 amide bonds. The van der Waals surface area contributed by atoms with Crippen LogP contribution in [0.1, 0.15) is 39.9 Å². The zero-order valence-electron chi connectivity index (χ0n) is 22.2. The molecule has 0 saturated carbocycles. The Morgan fingerprint density at radius 1 is 0.950 bits per heavy atom. The summed E-state index contributed by atoms with van der Waals surface area (Å²) in [6.45, 7) is 2.08. The van der Waals surface area contributed by atoms with Gasteiger partial charge < -0.3 is 19.5 Å². The van der Waals surface area contributed by atoms with Crippen molar-refractivity contribution in [3.63, 3.8) is 0 Å². The van der Waals surface area contributed by atoms with E-state index in [1.165, 1.54) is 14.2 Å². The number of methoxy groups -OCH3 is 2. The molecule has 40 heavy (non-hydrogen) atoms. The molecular weight excluding hydrogens is 526 g/mol. The molecule has 2 aliphatic rings. The second kappa shape index (κ2) is 10.2. The molecule has 0 unspecified atom stereocenters. The molecule has 6 rings (SSSR count). The largest absolute Gasteiger partial charge is 0.493 e. The van der Waals surface area contributed by atoms with Crippen molar-refractivity contribution in [3.05, 3.63) is 123 Å². The zero-order chi connectivity index (χ0) is 28.0. The van der Waals surface area contributed by atoms with Gasteiger partial charge in [-0.3, -0.25) is 4.79 Å². The maximum atomic E-state index is 13.7. The van der Waals surface area contributed by atoms with Crippen molar-refractivity contribution in [2.75, 3.05) is 14.2 Å². The third-order valence-electron chi connectivity index (χ3n) is 7.49. The summed E-state index contributed by atoms with van der Waals surface area (Å²) < 4.78 is 17.1. The molecule has 6 nitrogen and oxygen atoms in total. The van der Waals surface area contributed by atoms with Crippen LogP contribution in [0.15, 0.2) is 95.7 Å². The third-order valence-corrected chi connectivity index (χ3v) is 7.77. The number of ketones is 1. The molecule has 0 saturated heterocycles. The molecule has 0 fully saturated rings. The number of hydrogen-bond donors (Lipinski definition) is 1. The first-order chi connectivity index (χ1) is 19.4. The Kier molecular flexibility index (Phi) is 6.56. The van der Waals surface area contributed by atoms with Gasteiger partial charge in [0.15, 0.2) is 17.3 Å². The van der Waals surface area contributed by atoms with Crippen molar-refractivity contribution < 1.29 is 23.8 Å². The summed E-state index contributed by atoms with van der Waals surface area (Å²) in [4.78, 5) is 26.7. The van der Waals surface area contributed by atoms with Crippen molar-refractivity contribution in [1.82, 2.24) is 5.32 Å². The minimum atomic E-state index is -0.720.